The summed E-state index contributed by atoms with van der Waals surface area (Å²) in [5, 5.41) is 0. The maximum Gasteiger partial charge on any atom is 0.253 e. The Morgan fingerprint density at radius 2 is 1.61 bits per heavy atom. The predicted molar refractivity (Wildman–Crippen MR) is 125 cm³/mol. The van der Waals surface area contributed by atoms with Gasteiger partial charge in [0.15, 0.2) is 11.6 Å². The van der Waals surface area contributed by atoms with E-state index in [-0.39, 0.29) is 11.7 Å². The standard InChI is InChI=1S/C19H20FNO2S.C6H13N/c1-24-16-7-4-14(5-8-16)13-23-18-9-6-15(12-17(18)20)19(22)21-10-2-3-11-21;1-7-5-3-2-4-6-7/h4-9,12H,2-3,10-11,13H2,1H3;2-6H2,1H3. The molecule has 2 aliphatic heterocycles. The number of benzene rings is 2. The van der Waals surface area contributed by atoms with Crippen LogP contribution in [-0.4, -0.2) is 55.2 Å². The van der Waals surface area contributed by atoms with Crippen LogP contribution in [0.1, 0.15) is 48.0 Å². The van der Waals surface area contributed by atoms with E-state index < -0.39 is 5.82 Å². The molecule has 2 heterocycles. The molecule has 0 aromatic heterocycles. The van der Waals surface area contributed by atoms with Crippen molar-refractivity contribution < 1.29 is 13.9 Å². The molecule has 2 aromatic rings. The number of piperidine rings is 1. The Labute approximate surface area is 189 Å². The zero-order valence-corrected chi connectivity index (χ0v) is 19.4. The van der Waals surface area contributed by atoms with Crippen LogP contribution in [0.15, 0.2) is 47.4 Å². The number of nitrogens with zero attached hydrogens (tertiary/aromatic N) is 2. The van der Waals surface area contributed by atoms with Crippen LogP contribution in [0.5, 0.6) is 5.75 Å². The van der Waals surface area contributed by atoms with Gasteiger partial charge in [0.2, 0.25) is 0 Å². The van der Waals surface area contributed by atoms with Gasteiger partial charge in [-0.2, -0.15) is 0 Å². The summed E-state index contributed by atoms with van der Waals surface area (Å²) >= 11 is 1.67. The molecule has 0 spiro atoms. The summed E-state index contributed by atoms with van der Waals surface area (Å²) < 4.78 is 19.8. The molecule has 2 aromatic carbocycles. The molecule has 168 valence electrons. The molecule has 0 saturated carbocycles. The van der Waals surface area contributed by atoms with Crippen LogP contribution < -0.4 is 4.74 Å². The molecule has 0 unspecified atom stereocenters. The Bertz CT molecular complexity index is 832. The van der Waals surface area contributed by atoms with Gasteiger partial charge in [0, 0.05) is 23.5 Å². The third-order valence-corrected chi connectivity index (χ3v) is 6.45. The third-order valence-electron chi connectivity index (χ3n) is 5.71. The topological polar surface area (TPSA) is 32.8 Å². The average molecular weight is 445 g/mol. The van der Waals surface area contributed by atoms with Gasteiger partial charge in [-0.25, -0.2) is 4.39 Å². The molecule has 0 N–H and O–H groups in total. The van der Waals surface area contributed by atoms with Gasteiger partial charge in [0.25, 0.3) is 5.91 Å². The number of ether oxygens (including phenoxy) is 1. The van der Waals surface area contributed by atoms with Crippen molar-refractivity contribution in [3.05, 3.63) is 59.4 Å². The minimum absolute atomic E-state index is 0.106. The fourth-order valence-corrected chi connectivity index (χ4v) is 4.20. The Kier molecular flexibility index (Phi) is 9.22. The normalized spacial score (nSPS) is 16.5. The van der Waals surface area contributed by atoms with Crippen molar-refractivity contribution in [2.45, 2.75) is 43.6 Å². The minimum Gasteiger partial charge on any atom is -0.486 e. The molecule has 0 atom stereocenters. The first kappa shape index (κ1) is 23.6. The molecule has 6 heteroatoms. The highest BCUT2D eigenvalue weighted by molar-refractivity contribution is 7.98. The number of thioether (sulfide) groups is 1. The first-order valence-electron chi connectivity index (χ1n) is 11.1. The van der Waals surface area contributed by atoms with Crippen molar-refractivity contribution in [3.8, 4) is 5.75 Å². The second-order valence-electron chi connectivity index (χ2n) is 8.15. The van der Waals surface area contributed by atoms with E-state index in [1.165, 1.54) is 49.4 Å². The first-order valence-corrected chi connectivity index (χ1v) is 12.3. The lowest BCUT2D eigenvalue weighted by molar-refractivity contribution is 0.0792. The average Bonchev–Trinajstić information content (AvgIpc) is 3.34. The molecule has 2 fully saturated rings. The van der Waals surface area contributed by atoms with Gasteiger partial charge in [-0.1, -0.05) is 18.6 Å². The number of halogens is 1. The first-order chi connectivity index (χ1) is 15.1. The Morgan fingerprint density at radius 1 is 0.968 bits per heavy atom. The smallest absolute Gasteiger partial charge is 0.253 e. The highest BCUT2D eigenvalue weighted by atomic mass is 32.2. The molecule has 1 amide bonds. The highest BCUT2D eigenvalue weighted by Gasteiger charge is 2.20. The fourth-order valence-electron chi connectivity index (χ4n) is 3.79. The molecule has 2 saturated heterocycles. The quantitative estimate of drug-likeness (QED) is 0.573. The lowest BCUT2D eigenvalue weighted by Crippen LogP contribution is -2.27. The number of rotatable bonds is 5. The van der Waals surface area contributed by atoms with Crippen molar-refractivity contribution in [2.75, 3.05) is 39.5 Å². The van der Waals surface area contributed by atoms with E-state index in [1.54, 1.807) is 22.7 Å². The number of amides is 1. The van der Waals surface area contributed by atoms with E-state index in [0.717, 1.165) is 31.5 Å². The zero-order chi connectivity index (χ0) is 22.1. The molecule has 2 aliphatic rings. The van der Waals surface area contributed by atoms with Crippen LogP contribution in [0.3, 0.4) is 0 Å². The van der Waals surface area contributed by atoms with Crippen LogP contribution in [0, 0.1) is 5.82 Å². The second kappa shape index (κ2) is 12.1. The van der Waals surface area contributed by atoms with E-state index in [1.807, 2.05) is 30.5 Å². The number of hydrogen-bond acceptors (Lipinski definition) is 4. The number of hydrogen-bond donors (Lipinski definition) is 0. The van der Waals surface area contributed by atoms with Gasteiger partial charge >= 0.3 is 0 Å². The van der Waals surface area contributed by atoms with E-state index >= 15 is 0 Å². The van der Waals surface area contributed by atoms with Crippen LogP contribution in [0.25, 0.3) is 0 Å². The maximum absolute atomic E-state index is 14.2. The maximum atomic E-state index is 14.2. The van der Waals surface area contributed by atoms with Crippen molar-refractivity contribution in [3.63, 3.8) is 0 Å². The molecular weight excluding hydrogens is 411 g/mol. The molecule has 0 aliphatic carbocycles. The Balaban J connectivity index is 0.000000330. The summed E-state index contributed by atoms with van der Waals surface area (Å²) in [7, 11) is 2.19. The van der Waals surface area contributed by atoms with Crippen molar-refractivity contribution in [1.29, 1.82) is 0 Å². The van der Waals surface area contributed by atoms with Crippen molar-refractivity contribution in [1.82, 2.24) is 9.80 Å². The Hall–Kier alpha value is -2.05. The predicted octanol–water partition coefficient (Wildman–Crippen LogP) is 5.46. The van der Waals surface area contributed by atoms with Gasteiger partial charge < -0.3 is 14.5 Å². The summed E-state index contributed by atoms with van der Waals surface area (Å²) in [6.45, 7) is 4.44. The van der Waals surface area contributed by atoms with Crippen LogP contribution in [-0.2, 0) is 6.61 Å². The highest BCUT2D eigenvalue weighted by Crippen LogP contribution is 2.22. The van der Waals surface area contributed by atoms with Crippen LogP contribution in [0.4, 0.5) is 4.39 Å². The Morgan fingerprint density at radius 3 is 2.16 bits per heavy atom. The molecular formula is C25H33FN2O2S. The summed E-state index contributed by atoms with van der Waals surface area (Å²) in [6.07, 6.45) is 8.33. The molecule has 0 bridgehead atoms. The lowest BCUT2D eigenvalue weighted by Gasteiger charge is -2.20. The van der Waals surface area contributed by atoms with E-state index in [0.29, 0.717) is 12.2 Å². The van der Waals surface area contributed by atoms with Gasteiger partial charge in [-0.15, -0.1) is 11.8 Å². The minimum atomic E-state index is -0.499. The molecule has 0 radical (unpaired) electrons. The SMILES string of the molecule is CN1CCCCC1.CSc1ccc(COc2ccc(C(=O)N3CCCC3)cc2F)cc1. The summed E-state index contributed by atoms with van der Waals surface area (Å²) in [6, 6.07) is 12.4. The van der Waals surface area contributed by atoms with Gasteiger partial charge in [0.1, 0.15) is 6.61 Å². The van der Waals surface area contributed by atoms with Gasteiger partial charge in [-0.05, 0) is 88.0 Å². The second-order valence-corrected chi connectivity index (χ2v) is 9.02. The van der Waals surface area contributed by atoms with Gasteiger partial charge in [-0.3, -0.25) is 4.79 Å². The van der Waals surface area contributed by atoms with Gasteiger partial charge in [0.05, 0.1) is 0 Å². The summed E-state index contributed by atoms with van der Waals surface area (Å²) in [4.78, 5) is 17.6. The largest absolute Gasteiger partial charge is 0.486 e. The van der Waals surface area contributed by atoms with E-state index in [4.69, 9.17) is 4.74 Å². The zero-order valence-electron chi connectivity index (χ0n) is 18.6. The summed E-state index contributed by atoms with van der Waals surface area (Å²) in [5.74, 6) is -0.437. The third kappa shape index (κ3) is 7.25. The van der Waals surface area contributed by atoms with E-state index in [9.17, 15) is 9.18 Å². The van der Waals surface area contributed by atoms with Crippen molar-refractivity contribution >= 4 is 17.7 Å². The van der Waals surface area contributed by atoms with E-state index in [2.05, 4.69) is 11.9 Å². The number of carbonyl (C=O) groups excluding carboxylic acids is 1. The summed E-state index contributed by atoms with van der Waals surface area (Å²) in [5.41, 5.74) is 1.36. The van der Waals surface area contributed by atoms with Crippen LogP contribution >= 0.6 is 11.8 Å². The monoisotopic (exact) mass is 444 g/mol. The van der Waals surface area contributed by atoms with Crippen molar-refractivity contribution in [2.24, 2.45) is 0 Å². The molecule has 31 heavy (non-hydrogen) atoms. The number of likely N-dealkylation sites (tertiary alicyclic amines) is 2. The lowest BCUT2D eigenvalue weighted by atomic mass is 10.1. The molecule has 4 nitrogen and oxygen atoms in total. The van der Waals surface area contributed by atoms with Crippen LogP contribution in [0.2, 0.25) is 0 Å². The number of carbonyl (C=O) groups is 1. The fraction of sp³-hybridized carbons (Fsp3) is 0.480. The molecule has 4 rings (SSSR count).